The first kappa shape index (κ1) is 9.69. The van der Waals surface area contributed by atoms with Gasteiger partial charge >= 0.3 is 0 Å². The third-order valence-corrected chi connectivity index (χ3v) is 1.59. The molecule has 0 aromatic carbocycles. The van der Waals surface area contributed by atoms with Crippen molar-refractivity contribution in [1.29, 1.82) is 0 Å². The molecular weight excluding hydrogens is 166 g/mol. The Labute approximate surface area is 69.4 Å². The second kappa shape index (κ2) is 6.81. The van der Waals surface area contributed by atoms with Gasteiger partial charge in [-0.3, -0.25) is 0 Å². The van der Waals surface area contributed by atoms with Crippen LogP contribution in [0.25, 0.3) is 0 Å². The van der Waals surface area contributed by atoms with Crippen LogP contribution >= 0.6 is 12.2 Å². The van der Waals surface area contributed by atoms with Gasteiger partial charge in [0.2, 0.25) is 0 Å². The molecule has 10 heavy (non-hydrogen) atoms. The van der Waals surface area contributed by atoms with Crippen molar-refractivity contribution in [3.63, 3.8) is 0 Å². The predicted molar refractivity (Wildman–Crippen MR) is 47.7 cm³/mol. The van der Waals surface area contributed by atoms with E-state index in [-0.39, 0.29) is 0 Å². The fraction of sp³-hybridized carbons (Fsp3) is 0.667. The van der Waals surface area contributed by atoms with Gasteiger partial charge in [0.15, 0.2) is 0 Å². The van der Waals surface area contributed by atoms with Crippen LogP contribution in [0, 0.1) is 0 Å². The quantitative estimate of drug-likeness (QED) is 0.482. The Morgan fingerprint density at radius 2 is 2.50 bits per heavy atom. The summed E-state index contributed by atoms with van der Waals surface area (Å²) < 4.78 is 10.2. The van der Waals surface area contributed by atoms with Crippen molar-refractivity contribution < 1.29 is 4.21 Å². The zero-order chi connectivity index (χ0) is 7.82. The van der Waals surface area contributed by atoms with Gasteiger partial charge in [-0.05, 0) is 18.6 Å². The van der Waals surface area contributed by atoms with E-state index in [0.29, 0.717) is 16.2 Å². The Kier molecular flexibility index (Phi) is 6.59. The van der Waals surface area contributed by atoms with Crippen molar-refractivity contribution in [3.8, 4) is 0 Å². The van der Waals surface area contributed by atoms with Gasteiger partial charge in [0.1, 0.15) is 16.2 Å². The summed E-state index contributed by atoms with van der Waals surface area (Å²) in [6.07, 6.45) is 2.79. The largest absolute Gasteiger partial charge is 0.210 e. The summed E-state index contributed by atoms with van der Waals surface area (Å²) in [6.45, 7) is 2.06. The van der Waals surface area contributed by atoms with Crippen LogP contribution < -0.4 is 0 Å². The highest BCUT2D eigenvalue weighted by Gasteiger charge is 1.92. The van der Waals surface area contributed by atoms with Crippen molar-refractivity contribution >= 4 is 33.6 Å². The molecule has 56 valence electrons. The van der Waals surface area contributed by atoms with E-state index in [0.717, 1.165) is 19.3 Å². The van der Waals surface area contributed by atoms with E-state index < -0.39 is 0 Å². The Bertz CT molecular complexity index is 190. The smallest absolute Gasteiger partial charge is 0.144 e. The van der Waals surface area contributed by atoms with Crippen LogP contribution in [-0.4, -0.2) is 14.4 Å². The maximum absolute atomic E-state index is 10.2. The lowest BCUT2D eigenvalue weighted by Gasteiger charge is -1.89. The fourth-order valence-corrected chi connectivity index (χ4v) is 0.974. The van der Waals surface area contributed by atoms with Gasteiger partial charge in [-0.25, -0.2) is 4.21 Å². The maximum atomic E-state index is 10.2. The second-order valence-corrected chi connectivity index (χ2v) is 2.60. The SMILES string of the molecule is CCCCC(N=C=S)=S=O. The first-order chi connectivity index (χ1) is 4.85. The third kappa shape index (κ3) is 4.56. The highest BCUT2D eigenvalue weighted by molar-refractivity contribution is 7.78. The molecule has 0 unspecified atom stereocenters. The van der Waals surface area contributed by atoms with Gasteiger partial charge in [0, 0.05) is 6.42 Å². The molecule has 0 N–H and O–H groups in total. The van der Waals surface area contributed by atoms with Crippen molar-refractivity contribution in [2.45, 2.75) is 26.2 Å². The van der Waals surface area contributed by atoms with Gasteiger partial charge in [-0.1, -0.05) is 13.3 Å². The molecule has 0 saturated carbocycles. The minimum atomic E-state index is 0.405. The van der Waals surface area contributed by atoms with Crippen LogP contribution in [0.15, 0.2) is 4.99 Å². The monoisotopic (exact) mass is 175 g/mol. The van der Waals surface area contributed by atoms with E-state index in [1.165, 1.54) is 0 Å². The van der Waals surface area contributed by atoms with Gasteiger partial charge in [0.25, 0.3) is 0 Å². The molecule has 0 amide bonds. The normalized spacial score (nSPS) is 8.10. The average molecular weight is 175 g/mol. The van der Waals surface area contributed by atoms with Crippen LogP contribution in [-0.2, 0) is 11.3 Å². The fourth-order valence-electron chi connectivity index (χ4n) is 0.495. The van der Waals surface area contributed by atoms with Crippen molar-refractivity contribution in [1.82, 2.24) is 0 Å². The number of hydrogen-bond acceptors (Lipinski definition) is 2. The summed E-state index contributed by atoms with van der Waals surface area (Å²) in [5.41, 5.74) is 0. The molecule has 0 fully saturated rings. The Balaban J connectivity index is 3.86. The summed E-state index contributed by atoms with van der Waals surface area (Å²) in [5.74, 6) is 0. The molecule has 0 aliphatic carbocycles. The Morgan fingerprint density at radius 1 is 1.80 bits per heavy atom. The van der Waals surface area contributed by atoms with Crippen LogP contribution in [0.3, 0.4) is 0 Å². The van der Waals surface area contributed by atoms with Gasteiger partial charge in [-0.2, -0.15) is 4.99 Å². The second-order valence-electron chi connectivity index (χ2n) is 1.78. The molecule has 0 aliphatic rings. The van der Waals surface area contributed by atoms with E-state index in [9.17, 15) is 4.21 Å². The lowest BCUT2D eigenvalue weighted by Crippen LogP contribution is -1.91. The molecule has 0 aromatic heterocycles. The minimum absolute atomic E-state index is 0.405. The molecule has 0 radical (unpaired) electrons. The molecular formula is C6H9NOS2. The Hall–Kier alpha value is -0.310. The summed E-state index contributed by atoms with van der Waals surface area (Å²) in [5, 5.41) is 2.18. The minimum Gasteiger partial charge on any atom is -0.210 e. The number of unbranched alkanes of at least 4 members (excludes halogenated alkanes) is 1. The molecule has 0 bridgehead atoms. The average Bonchev–Trinajstić information content (AvgIpc) is 1.98. The molecule has 0 rings (SSSR count). The molecule has 0 spiro atoms. The summed E-state index contributed by atoms with van der Waals surface area (Å²) >= 11 is 4.76. The van der Waals surface area contributed by atoms with E-state index >= 15 is 0 Å². The highest BCUT2D eigenvalue weighted by Crippen LogP contribution is 1.95. The number of aliphatic imine (C=N–C) groups is 1. The van der Waals surface area contributed by atoms with Crippen molar-refractivity contribution in [2.24, 2.45) is 4.99 Å². The van der Waals surface area contributed by atoms with Gasteiger partial charge < -0.3 is 0 Å². The Morgan fingerprint density at radius 3 is 2.90 bits per heavy atom. The molecule has 0 atom stereocenters. The summed E-state index contributed by atoms with van der Waals surface area (Å²) in [6, 6.07) is 0. The van der Waals surface area contributed by atoms with Crippen molar-refractivity contribution in [3.05, 3.63) is 0 Å². The maximum Gasteiger partial charge on any atom is 0.144 e. The van der Waals surface area contributed by atoms with Crippen LogP contribution in [0.2, 0.25) is 0 Å². The lowest BCUT2D eigenvalue weighted by atomic mass is 10.2. The summed E-state index contributed by atoms with van der Waals surface area (Å²) in [7, 11) is 0. The zero-order valence-electron chi connectivity index (χ0n) is 5.79. The number of thiocarbonyl (C=S) groups is 1. The standard InChI is InChI=1S/C6H9NOS2/c1-2-3-4-6(10-8)7-5-9/h2-4H2,1H3. The first-order valence-electron chi connectivity index (χ1n) is 3.08. The van der Waals surface area contributed by atoms with Crippen molar-refractivity contribution in [2.75, 3.05) is 0 Å². The number of isothiocyanates is 1. The summed E-state index contributed by atoms with van der Waals surface area (Å²) in [4.78, 5) is 4.15. The van der Waals surface area contributed by atoms with Crippen LogP contribution in [0.4, 0.5) is 0 Å². The van der Waals surface area contributed by atoms with E-state index in [2.05, 4.69) is 29.3 Å². The molecule has 0 aliphatic heterocycles. The van der Waals surface area contributed by atoms with Crippen LogP contribution in [0.1, 0.15) is 26.2 Å². The van der Waals surface area contributed by atoms with Gasteiger partial charge in [0.05, 0.1) is 5.16 Å². The molecule has 0 aromatic rings. The first-order valence-corrected chi connectivity index (χ1v) is 4.23. The van der Waals surface area contributed by atoms with E-state index in [1.54, 1.807) is 0 Å². The zero-order valence-corrected chi connectivity index (χ0v) is 7.43. The third-order valence-electron chi connectivity index (χ3n) is 1.01. The predicted octanol–water partition coefficient (Wildman–Crippen LogP) is 1.62. The topological polar surface area (TPSA) is 29.4 Å². The van der Waals surface area contributed by atoms with E-state index in [4.69, 9.17) is 0 Å². The number of nitrogens with zero attached hydrogens (tertiary/aromatic N) is 1. The lowest BCUT2D eigenvalue weighted by molar-refractivity contribution is 0.700. The number of rotatable bonds is 3. The molecule has 2 nitrogen and oxygen atoms in total. The molecule has 0 heterocycles. The number of hydrogen-bond donors (Lipinski definition) is 0. The van der Waals surface area contributed by atoms with Gasteiger partial charge in [-0.15, -0.1) is 0 Å². The molecule has 4 heteroatoms. The van der Waals surface area contributed by atoms with Crippen LogP contribution in [0.5, 0.6) is 0 Å². The highest BCUT2D eigenvalue weighted by atomic mass is 32.1. The molecule has 0 saturated heterocycles. The van der Waals surface area contributed by atoms with E-state index in [1.807, 2.05) is 0 Å².